The largest absolute Gasteiger partial charge is 0.329 e. The lowest BCUT2D eigenvalue weighted by atomic mass is 10.2. The van der Waals surface area contributed by atoms with Crippen molar-refractivity contribution in [2.75, 3.05) is 6.54 Å². The van der Waals surface area contributed by atoms with Crippen LogP contribution in [0.1, 0.15) is 18.9 Å². The van der Waals surface area contributed by atoms with E-state index in [-0.39, 0.29) is 0 Å². The first kappa shape index (κ1) is 11.9. The first-order valence-corrected chi connectivity index (χ1v) is 6.25. The van der Waals surface area contributed by atoms with Gasteiger partial charge in [0.25, 0.3) is 0 Å². The van der Waals surface area contributed by atoms with Crippen LogP contribution in [0.2, 0.25) is 5.02 Å². The minimum Gasteiger partial charge on any atom is -0.329 e. The molecule has 1 nitrogen and oxygen atoms in total. The van der Waals surface area contributed by atoms with E-state index < -0.39 is 0 Å². The van der Waals surface area contributed by atoms with Gasteiger partial charge in [0.05, 0.1) is 0 Å². The van der Waals surface area contributed by atoms with Gasteiger partial charge >= 0.3 is 0 Å². The molecule has 0 aliphatic rings. The maximum absolute atomic E-state index is 5.80. The van der Waals surface area contributed by atoms with Crippen molar-refractivity contribution >= 4 is 23.4 Å². The Morgan fingerprint density at radius 3 is 2.50 bits per heavy atom. The van der Waals surface area contributed by atoms with Crippen LogP contribution in [0, 0.1) is 0 Å². The standard InChI is InChI=1S/C11H16ClNS/c1-2-11(7-13)14-8-9-3-5-10(12)6-4-9/h3-6,11H,2,7-8,13H2,1H3. The summed E-state index contributed by atoms with van der Waals surface area (Å²) in [6, 6.07) is 8.00. The summed E-state index contributed by atoms with van der Waals surface area (Å²) in [6.07, 6.45) is 1.13. The van der Waals surface area contributed by atoms with E-state index in [4.69, 9.17) is 17.3 Å². The van der Waals surface area contributed by atoms with Crippen LogP contribution in [0.4, 0.5) is 0 Å². The van der Waals surface area contributed by atoms with Crippen LogP contribution in [-0.2, 0) is 5.75 Å². The summed E-state index contributed by atoms with van der Waals surface area (Å²) in [5.74, 6) is 1.02. The van der Waals surface area contributed by atoms with Crippen molar-refractivity contribution in [2.24, 2.45) is 5.73 Å². The molecule has 0 saturated heterocycles. The van der Waals surface area contributed by atoms with Crippen LogP contribution in [0.15, 0.2) is 24.3 Å². The zero-order chi connectivity index (χ0) is 10.4. The molecule has 0 saturated carbocycles. The number of thioether (sulfide) groups is 1. The van der Waals surface area contributed by atoms with E-state index in [9.17, 15) is 0 Å². The minimum absolute atomic E-state index is 0.575. The molecule has 0 fully saturated rings. The quantitative estimate of drug-likeness (QED) is 0.839. The number of hydrogen-bond acceptors (Lipinski definition) is 2. The van der Waals surface area contributed by atoms with Gasteiger partial charge in [0.15, 0.2) is 0 Å². The highest BCUT2D eigenvalue weighted by Crippen LogP contribution is 2.20. The van der Waals surface area contributed by atoms with Crippen LogP contribution >= 0.6 is 23.4 Å². The summed E-state index contributed by atoms with van der Waals surface area (Å²) in [5, 5.41) is 1.37. The normalized spacial score (nSPS) is 12.8. The molecular formula is C11H16ClNS. The third-order valence-corrected chi connectivity index (χ3v) is 3.87. The SMILES string of the molecule is CCC(CN)SCc1ccc(Cl)cc1. The van der Waals surface area contributed by atoms with E-state index in [0.717, 1.165) is 23.7 Å². The highest BCUT2D eigenvalue weighted by Gasteiger charge is 2.03. The van der Waals surface area contributed by atoms with Gasteiger partial charge in [0, 0.05) is 22.6 Å². The third kappa shape index (κ3) is 3.91. The average molecular weight is 230 g/mol. The van der Waals surface area contributed by atoms with Gasteiger partial charge in [0.1, 0.15) is 0 Å². The second kappa shape index (κ2) is 6.33. The zero-order valence-electron chi connectivity index (χ0n) is 8.37. The van der Waals surface area contributed by atoms with Crippen molar-refractivity contribution in [3.63, 3.8) is 0 Å². The fourth-order valence-electron chi connectivity index (χ4n) is 1.15. The van der Waals surface area contributed by atoms with Crippen molar-refractivity contribution in [3.8, 4) is 0 Å². The maximum atomic E-state index is 5.80. The number of rotatable bonds is 5. The molecule has 1 unspecified atom stereocenters. The van der Waals surface area contributed by atoms with E-state index in [1.165, 1.54) is 5.56 Å². The molecule has 0 aliphatic heterocycles. The number of benzene rings is 1. The molecule has 2 N–H and O–H groups in total. The summed E-state index contributed by atoms with van der Waals surface area (Å²) in [7, 11) is 0. The molecular weight excluding hydrogens is 214 g/mol. The van der Waals surface area contributed by atoms with Crippen LogP contribution in [0.25, 0.3) is 0 Å². The fourth-order valence-corrected chi connectivity index (χ4v) is 2.27. The van der Waals surface area contributed by atoms with Crippen LogP contribution in [0.3, 0.4) is 0 Å². The van der Waals surface area contributed by atoms with Gasteiger partial charge in [-0.25, -0.2) is 0 Å². The summed E-state index contributed by atoms with van der Waals surface area (Å²) in [5.41, 5.74) is 6.94. The summed E-state index contributed by atoms with van der Waals surface area (Å²) < 4.78 is 0. The van der Waals surface area contributed by atoms with Crippen LogP contribution < -0.4 is 5.73 Å². The molecule has 0 amide bonds. The van der Waals surface area contributed by atoms with E-state index in [0.29, 0.717) is 5.25 Å². The third-order valence-electron chi connectivity index (χ3n) is 2.12. The van der Waals surface area contributed by atoms with Gasteiger partial charge < -0.3 is 5.73 Å². The fraction of sp³-hybridized carbons (Fsp3) is 0.455. The Morgan fingerprint density at radius 1 is 1.36 bits per heavy atom. The second-order valence-electron chi connectivity index (χ2n) is 3.20. The molecule has 1 aromatic rings. The highest BCUT2D eigenvalue weighted by molar-refractivity contribution is 7.99. The molecule has 0 aromatic heterocycles. The molecule has 0 heterocycles. The van der Waals surface area contributed by atoms with E-state index in [2.05, 4.69) is 19.1 Å². The Morgan fingerprint density at radius 2 is 2.00 bits per heavy atom. The molecule has 1 rings (SSSR count). The van der Waals surface area contributed by atoms with Crippen molar-refractivity contribution in [1.29, 1.82) is 0 Å². The van der Waals surface area contributed by atoms with Gasteiger partial charge in [-0.1, -0.05) is 30.7 Å². The van der Waals surface area contributed by atoms with E-state index in [1.54, 1.807) is 0 Å². The van der Waals surface area contributed by atoms with Gasteiger partial charge in [-0.05, 0) is 24.1 Å². The van der Waals surface area contributed by atoms with E-state index >= 15 is 0 Å². The molecule has 0 bridgehead atoms. The molecule has 3 heteroatoms. The molecule has 0 radical (unpaired) electrons. The van der Waals surface area contributed by atoms with Crippen molar-refractivity contribution in [1.82, 2.24) is 0 Å². The lowest BCUT2D eigenvalue weighted by Crippen LogP contribution is -2.15. The first-order chi connectivity index (χ1) is 6.76. The van der Waals surface area contributed by atoms with E-state index in [1.807, 2.05) is 23.9 Å². The molecule has 0 spiro atoms. The predicted molar refractivity (Wildman–Crippen MR) is 65.9 cm³/mol. The Bertz CT molecular complexity index is 256. The Hall–Kier alpha value is -0.180. The summed E-state index contributed by atoms with van der Waals surface area (Å²) >= 11 is 7.71. The molecule has 14 heavy (non-hydrogen) atoms. The maximum Gasteiger partial charge on any atom is 0.0406 e. The first-order valence-electron chi connectivity index (χ1n) is 4.82. The molecule has 1 atom stereocenters. The molecule has 1 aromatic carbocycles. The average Bonchev–Trinajstić information content (AvgIpc) is 2.22. The minimum atomic E-state index is 0.575. The van der Waals surface area contributed by atoms with Crippen molar-refractivity contribution in [3.05, 3.63) is 34.9 Å². The van der Waals surface area contributed by atoms with Gasteiger partial charge in [-0.3, -0.25) is 0 Å². The van der Waals surface area contributed by atoms with Gasteiger partial charge in [0.2, 0.25) is 0 Å². The Balaban J connectivity index is 2.41. The lowest BCUT2D eigenvalue weighted by molar-refractivity contribution is 0.826. The second-order valence-corrected chi connectivity index (χ2v) is 4.93. The molecule has 78 valence electrons. The number of halogens is 1. The smallest absolute Gasteiger partial charge is 0.0406 e. The zero-order valence-corrected chi connectivity index (χ0v) is 9.94. The molecule has 0 aliphatic carbocycles. The Labute approximate surface area is 95.0 Å². The van der Waals surface area contributed by atoms with Crippen LogP contribution in [0.5, 0.6) is 0 Å². The lowest BCUT2D eigenvalue weighted by Gasteiger charge is -2.11. The highest BCUT2D eigenvalue weighted by atomic mass is 35.5. The number of nitrogens with two attached hydrogens (primary N) is 1. The number of hydrogen-bond donors (Lipinski definition) is 1. The summed E-state index contributed by atoms with van der Waals surface area (Å²) in [6.45, 7) is 2.93. The topological polar surface area (TPSA) is 26.0 Å². The summed E-state index contributed by atoms with van der Waals surface area (Å²) in [4.78, 5) is 0. The predicted octanol–water partition coefficient (Wildman–Crippen LogP) is 3.31. The van der Waals surface area contributed by atoms with Gasteiger partial charge in [-0.15, -0.1) is 0 Å². The monoisotopic (exact) mass is 229 g/mol. The Kier molecular flexibility index (Phi) is 5.38. The van der Waals surface area contributed by atoms with Gasteiger partial charge in [-0.2, -0.15) is 11.8 Å². The van der Waals surface area contributed by atoms with Crippen LogP contribution in [-0.4, -0.2) is 11.8 Å². The van der Waals surface area contributed by atoms with Crippen molar-refractivity contribution in [2.45, 2.75) is 24.3 Å². The van der Waals surface area contributed by atoms with Crippen molar-refractivity contribution < 1.29 is 0 Å².